The van der Waals surface area contributed by atoms with Crippen LogP contribution in [0.15, 0.2) is 18.2 Å². The zero-order valence-corrected chi connectivity index (χ0v) is 13.1. The lowest BCUT2D eigenvalue weighted by atomic mass is 10.0. The lowest BCUT2D eigenvalue weighted by molar-refractivity contribution is 0.0696. The highest BCUT2D eigenvalue weighted by Crippen LogP contribution is 2.31. The van der Waals surface area contributed by atoms with Gasteiger partial charge in [0.2, 0.25) is 0 Å². The Morgan fingerprint density at radius 3 is 2.67 bits per heavy atom. The molecule has 3 nitrogen and oxygen atoms in total. The molecule has 0 bridgehead atoms. The van der Waals surface area contributed by atoms with E-state index in [9.17, 15) is 4.79 Å². The number of nitrogens with zero attached hydrogens (tertiary/aromatic N) is 1. The number of carbonyl (C=O) groups is 1. The van der Waals surface area contributed by atoms with E-state index in [1.165, 1.54) is 12.8 Å². The topological polar surface area (TPSA) is 46.3 Å². The van der Waals surface area contributed by atoms with Crippen molar-refractivity contribution in [2.45, 2.75) is 39.7 Å². The molecular formula is C18H24N2O. The summed E-state index contributed by atoms with van der Waals surface area (Å²) >= 11 is 0. The van der Waals surface area contributed by atoms with Gasteiger partial charge in [-0.3, -0.25) is 4.79 Å². The van der Waals surface area contributed by atoms with E-state index in [0.29, 0.717) is 12.5 Å². The molecule has 1 amide bonds. The number of aryl methyl sites for hydroxylation is 1. The number of carbonyl (C=O) groups excluding carboxylic acids is 1. The van der Waals surface area contributed by atoms with Crippen LogP contribution in [-0.4, -0.2) is 29.9 Å². The third-order valence-electron chi connectivity index (χ3n) is 3.70. The Labute approximate surface area is 127 Å². The number of rotatable bonds is 4. The second-order valence-corrected chi connectivity index (χ2v) is 6.09. The van der Waals surface area contributed by atoms with Crippen molar-refractivity contribution >= 4 is 5.91 Å². The van der Waals surface area contributed by atoms with Crippen LogP contribution in [0.2, 0.25) is 0 Å². The molecule has 2 N–H and O–H groups in total. The number of nitrogens with two attached hydrogens (primary N) is 1. The molecule has 0 spiro atoms. The van der Waals surface area contributed by atoms with E-state index in [-0.39, 0.29) is 11.9 Å². The van der Waals surface area contributed by atoms with Gasteiger partial charge in [0.05, 0.1) is 6.54 Å². The van der Waals surface area contributed by atoms with Crippen molar-refractivity contribution in [2.24, 2.45) is 11.7 Å². The van der Waals surface area contributed by atoms with Crippen molar-refractivity contribution in [2.75, 3.05) is 13.1 Å². The lowest BCUT2D eigenvalue weighted by Gasteiger charge is -2.27. The molecule has 21 heavy (non-hydrogen) atoms. The third kappa shape index (κ3) is 4.34. The minimum absolute atomic E-state index is 0.108. The summed E-state index contributed by atoms with van der Waals surface area (Å²) in [5, 5.41) is 0. The first-order chi connectivity index (χ1) is 10.0. The molecule has 0 aliphatic heterocycles. The molecule has 1 aromatic rings. The Hall–Kier alpha value is -1.79. The summed E-state index contributed by atoms with van der Waals surface area (Å²) in [6, 6.07) is 6.02. The average molecular weight is 284 g/mol. The molecule has 112 valence electrons. The Bertz CT molecular complexity index is 577. The van der Waals surface area contributed by atoms with Crippen LogP contribution in [0.25, 0.3) is 0 Å². The molecule has 2 rings (SSSR count). The smallest absolute Gasteiger partial charge is 0.254 e. The van der Waals surface area contributed by atoms with Gasteiger partial charge in [0.25, 0.3) is 5.91 Å². The number of amides is 1. The molecule has 1 aliphatic rings. The van der Waals surface area contributed by atoms with Crippen LogP contribution in [0.4, 0.5) is 0 Å². The first-order valence-corrected chi connectivity index (χ1v) is 7.63. The van der Waals surface area contributed by atoms with E-state index in [1.54, 1.807) is 0 Å². The molecule has 0 aromatic heterocycles. The van der Waals surface area contributed by atoms with Gasteiger partial charge in [0.1, 0.15) is 0 Å². The summed E-state index contributed by atoms with van der Waals surface area (Å²) in [5.74, 6) is 6.66. The van der Waals surface area contributed by atoms with E-state index >= 15 is 0 Å². The van der Waals surface area contributed by atoms with Gasteiger partial charge in [-0.15, -0.1) is 0 Å². The summed E-state index contributed by atoms with van der Waals surface area (Å²) in [4.78, 5) is 14.8. The van der Waals surface area contributed by atoms with Gasteiger partial charge >= 0.3 is 0 Å². The van der Waals surface area contributed by atoms with Gasteiger partial charge in [-0.2, -0.15) is 0 Å². The lowest BCUT2D eigenvalue weighted by Crippen LogP contribution is -2.38. The Kier molecular flexibility index (Phi) is 5.03. The van der Waals surface area contributed by atoms with Crippen LogP contribution in [0.3, 0.4) is 0 Å². The number of benzene rings is 1. The van der Waals surface area contributed by atoms with E-state index in [1.807, 2.05) is 30.0 Å². The monoisotopic (exact) mass is 284 g/mol. The van der Waals surface area contributed by atoms with Crippen molar-refractivity contribution in [3.8, 4) is 11.8 Å². The fourth-order valence-corrected chi connectivity index (χ4v) is 2.40. The first-order valence-electron chi connectivity index (χ1n) is 7.63. The second kappa shape index (κ2) is 6.78. The fourth-order valence-electron chi connectivity index (χ4n) is 2.40. The molecule has 0 unspecified atom stereocenters. The summed E-state index contributed by atoms with van der Waals surface area (Å²) in [6.45, 7) is 7.34. The van der Waals surface area contributed by atoms with Crippen molar-refractivity contribution in [1.29, 1.82) is 0 Å². The molecular weight excluding hydrogens is 260 g/mol. The molecule has 0 radical (unpaired) electrons. The summed E-state index contributed by atoms with van der Waals surface area (Å²) in [7, 11) is 0. The van der Waals surface area contributed by atoms with Crippen molar-refractivity contribution < 1.29 is 4.79 Å². The van der Waals surface area contributed by atoms with Gasteiger partial charge < -0.3 is 10.6 Å². The van der Waals surface area contributed by atoms with Crippen LogP contribution in [0.5, 0.6) is 0 Å². The molecule has 0 atom stereocenters. The van der Waals surface area contributed by atoms with E-state index < -0.39 is 0 Å². The zero-order valence-electron chi connectivity index (χ0n) is 13.1. The molecule has 1 saturated carbocycles. The zero-order chi connectivity index (χ0) is 15.4. The quantitative estimate of drug-likeness (QED) is 0.864. The van der Waals surface area contributed by atoms with Crippen LogP contribution in [-0.2, 0) is 0 Å². The SMILES string of the molecule is Cc1cc(C#CCN)cc(C(=O)N(CC2CC2)C(C)C)c1. The molecule has 3 heteroatoms. The first kappa shape index (κ1) is 15.6. The van der Waals surface area contributed by atoms with Crippen molar-refractivity contribution in [3.05, 3.63) is 34.9 Å². The summed E-state index contributed by atoms with van der Waals surface area (Å²) < 4.78 is 0. The van der Waals surface area contributed by atoms with Crippen molar-refractivity contribution in [3.63, 3.8) is 0 Å². The third-order valence-corrected chi connectivity index (χ3v) is 3.70. The fraction of sp³-hybridized carbons (Fsp3) is 0.500. The minimum Gasteiger partial charge on any atom is -0.336 e. The van der Waals surface area contributed by atoms with Crippen LogP contribution >= 0.6 is 0 Å². The number of hydrogen-bond acceptors (Lipinski definition) is 2. The largest absolute Gasteiger partial charge is 0.336 e. The maximum absolute atomic E-state index is 12.8. The normalized spacial score (nSPS) is 13.8. The number of hydrogen-bond donors (Lipinski definition) is 1. The highest BCUT2D eigenvalue weighted by molar-refractivity contribution is 5.95. The molecule has 0 saturated heterocycles. The summed E-state index contributed by atoms with van der Waals surface area (Å²) in [5.41, 5.74) is 8.05. The second-order valence-electron chi connectivity index (χ2n) is 6.09. The van der Waals surface area contributed by atoms with Crippen LogP contribution in [0, 0.1) is 24.7 Å². The average Bonchev–Trinajstić information content (AvgIpc) is 3.25. The Morgan fingerprint density at radius 1 is 1.38 bits per heavy atom. The Morgan fingerprint density at radius 2 is 2.10 bits per heavy atom. The van der Waals surface area contributed by atoms with Gasteiger partial charge in [-0.25, -0.2) is 0 Å². The predicted molar refractivity (Wildman–Crippen MR) is 86.0 cm³/mol. The van der Waals surface area contributed by atoms with Crippen LogP contribution < -0.4 is 5.73 Å². The Balaban J connectivity index is 2.25. The molecule has 0 heterocycles. The standard InChI is InChI=1S/C18H24N2O/c1-13(2)20(12-15-6-7-15)18(21)17-10-14(3)9-16(11-17)5-4-8-19/h9-11,13,15H,6-8,12,19H2,1-3H3. The maximum atomic E-state index is 12.8. The van der Waals surface area contributed by atoms with Gasteiger partial charge in [0, 0.05) is 23.7 Å². The molecule has 1 fully saturated rings. The van der Waals surface area contributed by atoms with E-state index in [0.717, 1.165) is 23.2 Å². The minimum atomic E-state index is 0.108. The highest BCUT2D eigenvalue weighted by Gasteiger charge is 2.28. The molecule has 1 aromatic carbocycles. The van der Waals surface area contributed by atoms with Crippen LogP contribution in [0.1, 0.15) is 48.2 Å². The maximum Gasteiger partial charge on any atom is 0.254 e. The van der Waals surface area contributed by atoms with Gasteiger partial charge in [-0.05, 0) is 63.3 Å². The predicted octanol–water partition coefficient (Wildman–Crippen LogP) is 2.57. The highest BCUT2D eigenvalue weighted by atomic mass is 16.2. The van der Waals surface area contributed by atoms with E-state index in [4.69, 9.17) is 5.73 Å². The van der Waals surface area contributed by atoms with Gasteiger partial charge in [0.15, 0.2) is 0 Å². The van der Waals surface area contributed by atoms with Crippen molar-refractivity contribution in [1.82, 2.24) is 4.90 Å². The van der Waals surface area contributed by atoms with E-state index in [2.05, 4.69) is 25.7 Å². The summed E-state index contributed by atoms with van der Waals surface area (Å²) in [6.07, 6.45) is 2.50. The molecule has 1 aliphatic carbocycles. The van der Waals surface area contributed by atoms with Gasteiger partial charge in [-0.1, -0.05) is 11.8 Å².